The summed E-state index contributed by atoms with van der Waals surface area (Å²) in [5.41, 5.74) is 3.84. The van der Waals surface area contributed by atoms with E-state index in [1.54, 1.807) is 0 Å². The highest BCUT2D eigenvalue weighted by atomic mass is 16.4. The van der Waals surface area contributed by atoms with Crippen molar-refractivity contribution in [3.8, 4) is 0 Å². The van der Waals surface area contributed by atoms with Crippen molar-refractivity contribution in [1.29, 1.82) is 0 Å². The molecule has 0 bridgehead atoms. The third-order valence-corrected chi connectivity index (χ3v) is 4.58. The molecule has 0 fully saturated rings. The van der Waals surface area contributed by atoms with E-state index in [2.05, 4.69) is 24.3 Å². The number of pyridine rings is 1. The van der Waals surface area contributed by atoms with E-state index in [9.17, 15) is 4.79 Å². The van der Waals surface area contributed by atoms with Crippen LogP contribution in [0.15, 0.2) is 51.7 Å². The van der Waals surface area contributed by atoms with Crippen molar-refractivity contribution in [3.05, 3.63) is 64.3 Å². The molecule has 0 radical (unpaired) electrons. The van der Waals surface area contributed by atoms with E-state index in [4.69, 9.17) is 4.42 Å². The van der Waals surface area contributed by atoms with Gasteiger partial charge in [0.1, 0.15) is 0 Å². The fourth-order valence-electron chi connectivity index (χ4n) is 3.51. The molecule has 0 N–H and O–H groups in total. The van der Waals surface area contributed by atoms with Crippen LogP contribution in [0, 0.1) is 6.92 Å². The van der Waals surface area contributed by atoms with Gasteiger partial charge in [-0.05, 0) is 38.0 Å². The standard InChI is InChI=1S/C20H19NO2/c1-3-4-11-16-18-14-9-5-6-10-15(14)20(22)23-19(18)17-12-7-8-13(2)21(16)17/h5-10,12H,3-4,11H2,1-2H3. The molecule has 0 amide bonds. The summed E-state index contributed by atoms with van der Waals surface area (Å²) in [6.45, 7) is 4.30. The fraction of sp³-hybridized carbons (Fsp3) is 0.250. The van der Waals surface area contributed by atoms with Crippen molar-refractivity contribution in [2.75, 3.05) is 0 Å². The van der Waals surface area contributed by atoms with Crippen LogP contribution in [0.5, 0.6) is 0 Å². The molecular formula is C20H19NO2. The van der Waals surface area contributed by atoms with Gasteiger partial charge < -0.3 is 8.82 Å². The summed E-state index contributed by atoms with van der Waals surface area (Å²) in [7, 11) is 0. The number of nitrogens with zero attached hydrogens (tertiary/aromatic N) is 1. The van der Waals surface area contributed by atoms with Gasteiger partial charge in [-0.2, -0.15) is 0 Å². The summed E-state index contributed by atoms with van der Waals surface area (Å²) < 4.78 is 7.97. The molecule has 1 aromatic carbocycles. The average Bonchev–Trinajstić information content (AvgIpc) is 2.88. The highest BCUT2D eigenvalue weighted by Gasteiger charge is 2.18. The first-order chi connectivity index (χ1) is 11.2. The predicted molar refractivity (Wildman–Crippen MR) is 94.3 cm³/mol. The lowest BCUT2D eigenvalue weighted by molar-refractivity contribution is 0.572. The molecule has 3 aromatic heterocycles. The Morgan fingerprint density at radius 1 is 1.04 bits per heavy atom. The first-order valence-corrected chi connectivity index (χ1v) is 8.17. The third kappa shape index (κ3) is 2.00. The molecule has 0 aliphatic rings. The van der Waals surface area contributed by atoms with Gasteiger partial charge in [0.05, 0.1) is 10.9 Å². The van der Waals surface area contributed by atoms with Crippen molar-refractivity contribution in [1.82, 2.24) is 4.40 Å². The maximum absolute atomic E-state index is 12.4. The number of benzene rings is 1. The quantitative estimate of drug-likeness (QED) is 0.542. The predicted octanol–water partition coefficient (Wildman–Crippen LogP) is 4.85. The molecule has 0 spiro atoms. The minimum Gasteiger partial charge on any atom is -0.420 e. The van der Waals surface area contributed by atoms with Crippen LogP contribution in [0.3, 0.4) is 0 Å². The molecule has 4 aromatic rings. The lowest BCUT2D eigenvalue weighted by Gasteiger charge is -2.06. The van der Waals surface area contributed by atoms with Gasteiger partial charge in [-0.25, -0.2) is 4.79 Å². The van der Waals surface area contributed by atoms with Crippen LogP contribution in [0.2, 0.25) is 0 Å². The number of aromatic nitrogens is 1. The van der Waals surface area contributed by atoms with Crippen molar-refractivity contribution in [2.45, 2.75) is 33.1 Å². The summed E-state index contributed by atoms with van der Waals surface area (Å²) in [6, 6.07) is 13.9. The fourth-order valence-corrected chi connectivity index (χ4v) is 3.51. The van der Waals surface area contributed by atoms with Crippen LogP contribution < -0.4 is 5.63 Å². The summed E-state index contributed by atoms with van der Waals surface area (Å²) in [5, 5.41) is 2.74. The van der Waals surface area contributed by atoms with Gasteiger partial charge in [0.25, 0.3) is 0 Å². The minimum atomic E-state index is -0.260. The van der Waals surface area contributed by atoms with Gasteiger partial charge in [-0.3, -0.25) is 0 Å². The molecule has 0 aliphatic heterocycles. The van der Waals surface area contributed by atoms with E-state index in [0.29, 0.717) is 11.0 Å². The monoisotopic (exact) mass is 305 g/mol. The molecule has 3 heterocycles. The zero-order valence-electron chi connectivity index (χ0n) is 13.4. The van der Waals surface area contributed by atoms with E-state index in [1.165, 1.54) is 5.69 Å². The number of fused-ring (bicyclic) bond motifs is 5. The Kier molecular flexibility index (Phi) is 3.22. The van der Waals surface area contributed by atoms with Crippen LogP contribution in [-0.4, -0.2) is 4.40 Å². The zero-order valence-corrected chi connectivity index (χ0v) is 13.4. The maximum Gasteiger partial charge on any atom is 0.344 e. The number of rotatable bonds is 3. The van der Waals surface area contributed by atoms with Crippen molar-refractivity contribution in [2.24, 2.45) is 0 Å². The molecule has 0 saturated carbocycles. The maximum atomic E-state index is 12.4. The van der Waals surface area contributed by atoms with Crippen LogP contribution in [0.4, 0.5) is 0 Å². The van der Waals surface area contributed by atoms with Crippen molar-refractivity contribution >= 4 is 27.3 Å². The molecule has 23 heavy (non-hydrogen) atoms. The number of hydrogen-bond donors (Lipinski definition) is 0. The summed E-state index contributed by atoms with van der Waals surface area (Å²) in [4.78, 5) is 12.4. The summed E-state index contributed by atoms with van der Waals surface area (Å²) >= 11 is 0. The third-order valence-electron chi connectivity index (χ3n) is 4.58. The van der Waals surface area contributed by atoms with E-state index in [-0.39, 0.29) is 5.63 Å². The van der Waals surface area contributed by atoms with E-state index >= 15 is 0 Å². The van der Waals surface area contributed by atoms with Gasteiger partial charge in [-0.1, -0.05) is 37.6 Å². The Morgan fingerprint density at radius 2 is 1.83 bits per heavy atom. The molecule has 0 saturated heterocycles. The number of unbranched alkanes of at least 4 members (excludes halogenated alkanes) is 1. The first-order valence-electron chi connectivity index (χ1n) is 8.17. The Labute approximate surface area is 134 Å². The van der Waals surface area contributed by atoms with Gasteiger partial charge >= 0.3 is 5.63 Å². The largest absolute Gasteiger partial charge is 0.420 e. The molecule has 3 nitrogen and oxygen atoms in total. The van der Waals surface area contributed by atoms with Crippen LogP contribution in [0.1, 0.15) is 31.2 Å². The lowest BCUT2D eigenvalue weighted by Crippen LogP contribution is -1.99. The SMILES string of the molecule is CCCCc1c2c3ccccc3c(=O)oc2c2cccc(C)n12. The first kappa shape index (κ1) is 14.1. The average molecular weight is 305 g/mol. The topological polar surface area (TPSA) is 34.6 Å². The van der Waals surface area contributed by atoms with Gasteiger partial charge in [0.2, 0.25) is 0 Å². The van der Waals surface area contributed by atoms with Gasteiger partial charge in [-0.15, -0.1) is 0 Å². The zero-order chi connectivity index (χ0) is 16.0. The lowest BCUT2D eigenvalue weighted by atomic mass is 10.1. The Balaban J connectivity index is 2.28. The Hall–Kier alpha value is -2.55. The number of hydrogen-bond acceptors (Lipinski definition) is 2. The molecule has 4 rings (SSSR count). The van der Waals surface area contributed by atoms with Crippen LogP contribution in [-0.2, 0) is 6.42 Å². The van der Waals surface area contributed by atoms with Crippen molar-refractivity contribution < 1.29 is 4.42 Å². The highest BCUT2D eigenvalue weighted by molar-refractivity contribution is 6.11. The smallest absolute Gasteiger partial charge is 0.344 e. The molecule has 0 atom stereocenters. The molecular weight excluding hydrogens is 286 g/mol. The highest BCUT2D eigenvalue weighted by Crippen LogP contribution is 2.33. The summed E-state index contributed by atoms with van der Waals surface area (Å²) in [6.07, 6.45) is 3.22. The Morgan fingerprint density at radius 3 is 2.61 bits per heavy atom. The molecule has 0 aliphatic carbocycles. The second kappa shape index (κ2) is 5.27. The Bertz CT molecular complexity index is 1090. The van der Waals surface area contributed by atoms with Gasteiger partial charge in [0.15, 0.2) is 5.58 Å². The minimum absolute atomic E-state index is 0.260. The van der Waals surface area contributed by atoms with Crippen LogP contribution >= 0.6 is 0 Å². The second-order valence-corrected chi connectivity index (χ2v) is 6.08. The van der Waals surface area contributed by atoms with Crippen molar-refractivity contribution in [3.63, 3.8) is 0 Å². The molecule has 116 valence electrons. The second-order valence-electron chi connectivity index (χ2n) is 6.08. The van der Waals surface area contributed by atoms with E-state index < -0.39 is 0 Å². The van der Waals surface area contributed by atoms with E-state index in [1.807, 2.05) is 36.4 Å². The van der Waals surface area contributed by atoms with E-state index in [0.717, 1.165) is 41.2 Å². The van der Waals surface area contributed by atoms with Gasteiger partial charge in [0, 0.05) is 22.2 Å². The number of aryl methyl sites for hydroxylation is 2. The summed E-state index contributed by atoms with van der Waals surface area (Å²) in [5.74, 6) is 0. The normalized spacial score (nSPS) is 11.7. The van der Waals surface area contributed by atoms with Crippen LogP contribution in [0.25, 0.3) is 27.3 Å². The molecule has 0 unspecified atom stereocenters. The molecule has 3 heteroatoms.